The maximum atomic E-state index is 9.93. The van der Waals surface area contributed by atoms with Gasteiger partial charge in [0.1, 0.15) is 0 Å². The van der Waals surface area contributed by atoms with Gasteiger partial charge in [0.25, 0.3) is 0 Å². The van der Waals surface area contributed by atoms with Crippen LogP contribution in [-0.4, -0.2) is 11.7 Å². The van der Waals surface area contributed by atoms with Crippen LogP contribution in [0, 0.1) is 33.0 Å². The summed E-state index contributed by atoms with van der Waals surface area (Å²) in [5, 5.41) is 9.93. The molecular weight excluding hydrogens is 220 g/mol. The van der Waals surface area contributed by atoms with Gasteiger partial charge in [0.2, 0.25) is 0 Å². The first-order chi connectivity index (χ1) is 8.27. The molecule has 5 atom stereocenters. The summed E-state index contributed by atoms with van der Waals surface area (Å²) in [4.78, 5) is 0. The van der Waals surface area contributed by atoms with Crippen molar-refractivity contribution in [1.82, 2.24) is 0 Å². The predicted octanol–water partition coefficient (Wildman–Crippen LogP) is 4.00. The number of aliphatic hydroxyl groups excluding tert-OH is 1. The van der Waals surface area contributed by atoms with E-state index in [9.17, 15) is 5.11 Å². The van der Waals surface area contributed by atoms with Crippen molar-refractivity contribution in [2.24, 2.45) is 33.0 Å². The molecule has 4 saturated carbocycles. The molecule has 0 heterocycles. The highest BCUT2D eigenvalue weighted by atomic mass is 16.3. The van der Waals surface area contributed by atoms with Crippen LogP contribution in [0.1, 0.15) is 66.2 Å². The van der Waals surface area contributed by atoms with Crippen LogP contribution >= 0.6 is 0 Å². The molecule has 0 aromatic carbocycles. The summed E-state index contributed by atoms with van der Waals surface area (Å²) in [7, 11) is 0. The van der Waals surface area contributed by atoms with Crippen LogP contribution in [0.3, 0.4) is 0 Å². The second kappa shape index (κ2) is 2.71. The quantitative estimate of drug-likeness (QED) is 0.743. The van der Waals surface area contributed by atoms with Crippen molar-refractivity contribution in [1.29, 1.82) is 0 Å². The summed E-state index contributed by atoms with van der Waals surface area (Å²) in [6.45, 7) is 10.5. The van der Waals surface area contributed by atoms with Crippen LogP contribution in [0.25, 0.3) is 0 Å². The van der Waals surface area contributed by atoms with E-state index >= 15 is 0 Å². The molecule has 4 aliphatic rings. The molecule has 4 fully saturated rings. The maximum absolute atomic E-state index is 9.93. The third kappa shape index (κ3) is 0.901. The van der Waals surface area contributed by atoms with Crippen molar-refractivity contribution in [2.45, 2.75) is 66.2 Å². The lowest BCUT2D eigenvalue weighted by atomic mass is 9.47. The van der Waals surface area contributed by atoms with E-state index in [0.29, 0.717) is 33.7 Å². The molecule has 1 N–H and O–H groups in total. The van der Waals surface area contributed by atoms with Crippen molar-refractivity contribution in [3.63, 3.8) is 0 Å². The largest absolute Gasteiger partial charge is 0.396 e. The summed E-state index contributed by atoms with van der Waals surface area (Å²) in [5.74, 6) is 0.909. The van der Waals surface area contributed by atoms with Gasteiger partial charge in [-0.05, 0) is 59.7 Å². The molecule has 0 aliphatic heterocycles. The second-order valence-corrected chi connectivity index (χ2v) is 9.24. The van der Waals surface area contributed by atoms with E-state index in [-0.39, 0.29) is 0 Å². The Balaban J connectivity index is 1.82. The van der Waals surface area contributed by atoms with Gasteiger partial charge in [0, 0.05) is 12.0 Å². The molecule has 0 radical (unpaired) electrons. The smallest absolute Gasteiger partial charge is 0.0493 e. The lowest BCUT2D eigenvalue weighted by Gasteiger charge is -2.57. The van der Waals surface area contributed by atoms with Crippen molar-refractivity contribution >= 4 is 0 Å². The van der Waals surface area contributed by atoms with Crippen LogP contribution < -0.4 is 0 Å². The van der Waals surface area contributed by atoms with Gasteiger partial charge in [-0.1, -0.05) is 34.1 Å². The Morgan fingerprint density at radius 3 is 2.44 bits per heavy atom. The van der Waals surface area contributed by atoms with Crippen LogP contribution in [0.15, 0.2) is 0 Å². The fourth-order valence-electron chi connectivity index (χ4n) is 7.33. The molecule has 18 heavy (non-hydrogen) atoms. The number of hydrogen-bond acceptors (Lipinski definition) is 1. The molecule has 4 rings (SSSR count). The van der Waals surface area contributed by atoms with Crippen LogP contribution in [0.5, 0.6) is 0 Å². The molecule has 0 bridgehead atoms. The fraction of sp³-hybridized carbons (Fsp3) is 1.00. The number of rotatable bonds is 1. The average molecular weight is 248 g/mol. The van der Waals surface area contributed by atoms with Gasteiger partial charge in [-0.3, -0.25) is 0 Å². The zero-order valence-corrected chi connectivity index (χ0v) is 12.5. The van der Waals surface area contributed by atoms with Gasteiger partial charge < -0.3 is 5.11 Å². The highest BCUT2D eigenvalue weighted by molar-refractivity contribution is 5.35. The minimum Gasteiger partial charge on any atom is -0.396 e. The summed E-state index contributed by atoms with van der Waals surface area (Å²) >= 11 is 0. The van der Waals surface area contributed by atoms with Crippen LogP contribution in [-0.2, 0) is 0 Å². The number of hydrogen-bond donors (Lipinski definition) is 1. The topological polar surface area (TPSA) is 20.2 Å². The van der Waals surface area contributed by atoms with E-state index in [1.54, 1.807) is 0 Å². The SMILES string of the molecule is CC1(C)CCCC2(C)CC3(CO)CC3(C)C3CC312. The Morgan fingerprint density at radius 1 is 1.06 bits per heavy atom. The van der Waals surface area contributed by atoms with Crippen molar-refractivity contribution in [3.05, 3.63) is 0 Å². The van der Waals surface area contributed by atoms with Gasteiger partial charge in [-0.15, -0.1) is 0 Å². The average Bonchev–Trinajstić information content (AvgIpc) is 3.10. The second-order valence-electron chi connectivity index (χ2n) is 9.24. The van der Waals surface area contributed by atoms with E-state index in [1.807, 2.05) is 0 Å². The lowest BCUT2D eigenvalue weighted by molar-refractivity contribution is -0.0959. The molecule has 0 aromatic heterocycles. The molecule has 5 unspecified atom stereocenters. The summed E-state index contributed by atoms with van der Waals surface area (Å²) in [6, 6.07) is 0. The molecule has 4 aliphatic carbocycles. The third-order valence-corrected chi connectivity index (χ3v) is 8.37. The monoisotopic (exact) mass is 248 g/mol. The fourth-order valence-corrected chi connectivity index (χ4v) is 7.33. The van der Waals surface area contributed by atoms with Crippen molar-refractivity contribution < 1.29 is 5.11 Å². The molecule has 1 spiro atoms. The minimum atomic E-state index is 0.305. The Bertz CT molecular complexity index is 427. The normalized spacial score (nSPS) is 63.5. The van der Waals surface area contributed by atoms with Crippen molar-refractivity contribution in [2.75, 3.05) is 6.61 Å². The number of fused-ring (bicyclic) bond motifs is 2. The molecular formula is C17H28O. The van der Waals surface area contributed by atoms with E-state index in [2.05, 4.69) is 27.7 Å². The lowest BCUT2D eigenvalue weighted by Crippen LogP contribution is -2.51. The highest BCUT2D eigenvalue weighted by Crippen LogP contribution is 2.93. The van der Waals surface area contributed by atoms with Gasteiger partial charge in [0.15, 0.2) is 0 Å². The van der Waals surface area contributed by atoms with Gasteiger partial charge in [-0.2, -0.15) is 0 Å². The standard InChI is InChI=1S/C17H28O/c1-13(2)6-5-7-14(3)9-16(11-18)10-15(16,4)12-8-17(12,13)14/h12,18H,5-11H2,1-4H3. The van der Waals surface area contributed by atoms with Crippen LogP contribution in [0.4, 0.5) is 0 Å². The van der Waals surface area contributed by atoms with Gasteiger partial charge in [0.05, 0.1) is 0 Å². The highest BCUT2D eigenvalue weighted by Gasteiger charge is 2.87. The van der Waals surface area contributed by atoms with Gasteiger partial charge >= 0.3 is 0 Å². The molecule has 102 valence electrons. The molecule has 0 saturated heterocycles. The zero-order valence-electron chi connectivity index (χ0n) is 12.5. The Labute approximate surface area is 111 Å². The van der Waals surface area contributed by atoms with E-state index in [4.69, 9.17) is 0 Å². The summed E-state index contributed by atoms with van der Waals surface area (Å²) in [5.41, 5.74) is 2.44. The molecule has 1 nitrogen and oxygen atoms in total. The minimum absolute atomic E-state index is 0.305. The Kier molecular flexibility index (Phi) is 1.77. The van der Waals surface area contributed by atoms with Crippen LogP contribution in [0.2, 0.25) is 0 Å². The first-order valence-corrected chi connectivity index (χ1v) is 7.88. The summed E-state index contributed by atoms with van der Waals surface area (Å²) < 4.78 is 0. The molecule has 0 amide bonds. The van der Waals surface area contributed by atoms with E-state index < -0.39 is 0 Å². The molecule has 1 heteroatoms. The third-order valence-electron chi connectivity index (χ3n) is 8.37. The first kappa shape index (κ1) is 11.8. The van der Waals surface area contributed by atoms with Gasteiger partial charge in [-0.25, -0.2) is 0 Å². The van der Waals surface area contributed by atoms with Crippen molar-refractivity contribution in [3.8, 4) is 0 Å². The predicted molar refractivity (Wildman–Crippen MR) is 73.1 cm³/mol. The first-order valence-electron chi connectivity index (χ1n) is 7.88. The number of aliphatic hydroxyl groups is 1. The van der Waals surface area contributed by atoms with E-state index in [1.165, 1.54) is 38.5 Å². The zero-order chi connectivity index (χ0) is 13.0. The van der Waals surface area contributed by atoms with E-state index in [0.717, 1.165) is 5.92 Å². The molecule has 0 aromatic rings. The summed E-state index contributed by atoms with van der Waals surface area (Å²) in [6.07, 6.45) is 8.28. The Hall–Kier alpha value is -0.0400. The maximum Gasteiger partial charge on any atom is 0.0493 e. The Morgan fingerprint density at radius 2 is 1.78 bits per heavy atom.